The third-order valence-corrected chi connectivity index (χ3v) is 2.64. The number of phenols is 1. The Morgan fingerprint density at radius 2 is 1.89 bits per heavy atom. The number of carbonyl (C=O) groups is 1. The van der Waals surface area contributed by atoms with Crippen LogP contribution in [0, 0.1) is 6.92 Å². The van der Waals surface area contributed by atoms with E-state index in [1.807, 2.05) is 30.3 Å². The molecule has 0 heterocycles. The number of hydrogen-bond acceptors (Lipinski definition) is 3. The average molecular weight is 242 g/mol. The quantitative estimate of drug-likeness (QED) is 0.841. The first-order valence-corrected chi connectivity index (χ1v) is 5.67. The molecule has 0 aliphatic heterocycles. The molecule has 0 bridgehead atoms. The Bertz CT molecular complexity index is 547. The minimum Gasteiger partial charge on any atom is -0.508 e. The maximum absolute atomic E-state index is 11.8. The maximum atomic E-state index is 11.8. The molecule has 1 N–H and O–H groups in total. The summed E-state index contributed by atoms with van der Waals surface area (Å²) in [6.45, 7) is 2.01. The van der Waals surface area contributed by atoms with Crippen molar-refractivity contribution in [1.82, 2.24) is 0 Å². The molecule has 0 saturated heterocycles. The van der Waals surface area contributed by atoms with Crippen LogP contribution in [0.5, 0.6) is 5.75 Å². The predicted molar refractivity (Wildman–Crippen MR) is 68.4 cm³/mol. The number of carbonyl (C=O) groups excluding carboxylic acids is 1. The molecule has 0 atom stereocenters. The van der Waals surface area contributed by atoms with Crippen molar-refractivity contribution >= 4 is 5.97 Å². The van der Waals surface area contributed by atoms with E-state index in [0.717, 1.165) is 5.56 Å². The van der Waals surface area contributed by atoms with Crippen LogP contribution in [0.15, 0.2) is 48.5 Å². The predicted octanol–water partition coefficient (Wildman–Crippen LogP) is 3.06. The zero-order chi connectivity index (χ0) is 13.0. The van der Waals surface area contributed by atoms with E-state index < -0.39 is 0 Å². The van der Waals surface area contributed by atoms with Gasteiger partial charge in [-0.25, -0.2) is 4.79 Å². The topological polar surface area (TPSA) is 46.5 Å². The van der Waals surface area contributed by atoms with Crippen LogP contribution in [0.3, 0.4) is 0 Å². The summed E-state index contributed by atoms with van der Waals surface area (Å²) in [7, 11) is 0. The maximum Gasteiger partial charge on any atom is 0.338 e. The molecule has 2 aromatic rings. The van der Waals surface area contributed by atoms with Gasteiger partial charge in [0.15, 0.2) is 0 Å². The van der Waals surface area contributed by atoms with Gasteiger partial charge in [0, 0.05) is 0 Å². The van der Waals surface area contributed by atoms with Crippen molar-refractivity contribution in [3.05, 3.63) is 65.2 Å². The number of phenolic OH excluding ortho intramolecular Hbond substituents is 1. The van der Waals surface area contributed by atoms with Crippen molar-refractivity contribution in [1.29, 1.82) is 0 Å². The molecule has 0 amide bonds. The molecular weight excluding hydrogens is 228 g/mol. The van der Waals surface area contributed by atoms with Crippen LogP contribution in [0.1, 0.15) is 21.5 Å². The summed E-state index contributed by atoms with van der Waals surface area (Å²) in [6.07, 6.45) is 0. The lowest BCUT2D eigenvalue weighted by atomic mass is 10.1. The van der Waals surface area contributed by atoms with Crippen LogP contribution >= 0.6 is 0 Å². The largest absolute Gasteiger partial charge is 0.508 e. The second kappa shape index (κ2) is 5.36. The molecule has 0 aliphatic rings. The van der Waals surface area contributed by atoms with Crippen molar-refractivity contribution in [2.75, 3.05) is 0 Å². The summed E-state index contributed by atoms with van der Waals surface area (Å²) in [5, 5.41) is 9.28. The smallest absolute Gasteiger partial charge is 0.338 e. The van der Waals surface area contributed by atoms with Crippen molar-refractivity contribution < 1.29 is 14.6 Å². The Labute approximate surface area is 106 Å². The van der Waals surface area contributed by atoms with Crippen LogP contribution in [-0.4, -0.2) is 11.1 Å². The normalized spacial score (nSPS) is 10.1. The van der Waals surface area contributed by atoms with Gasteiger partial charge in [-0.1, -0.05) is 30.3 Å². The van der Waals surface area contributed by atoms with E-state index in [0.29, 0.717) is 11.1 Å². The van der Waals surface area contributed by atoms with Gasteiger partial charge in [-0.05, 0) is 36.2 Å². The molecule has 0 spiro atoms. The Morgan fingerprint density at radius 1 is 1.17 bits per heavy atom. The molecule has 2 rings (SSSR count). The highest BCUT2D eigenvalue weighted by Gasteiger charge is 2.10. The summed E-state index contributed by atoms with van der Waals surface area (Å²) in [6, 6.07) is 14.1. The Hall–Kier alpha value is -2.29. The van der Waals surface area contributed by atoms with Gasteiger partial charge in [-0.3, -0.25) is 0 Å². The van der Waals surface area contributed by atoms with Gasteiger partial charge in [0.05, 0.1) is 5.56 Å². The fraction of sp³-hybridized carbons (Fsp3) is 0.133. The zero-order valence-electron chi connectivity index (χ0n) is 10.1. The van der Waals surface area contributed by atoms with E-state index in [1.54, 1.807) is 19.1 Å². The minimum absolute atomic E-state index is 0.145. The monoisotopic (exact) mass is 242 g/mol. The van der Waals surface area contributed by atoms with Gasteiger partial charge in [0.25, 0.3) is 0 Å². The highest BCUT2D eigenvalue weighted by molar-refractivity contribution is 5.91. The highest BCUT2D eigenvalue weighted by atomic mass is 16.5. The van der Waals surface area contributed by atoms with E-state index in [2.05, 4.69) is 0 Å². The summed E-state index contributed by atoms with van der Waals surface area (Å²) < 4.78 is 5.21. The molecule has 0 fully saturated rings. The van der Waals surface area contributed by atoms with Crippen LogP contribution in [0.25, 0.3) is 0 Å². The molecule has 0 aliphatic carbocycles. The van der Waals surface area contributed by atoms with E-state index >= 15 is 0 Å². The molecule has 0 aromatic heterocycles. The number of ether oxygens (including phenoxy) is 1. The Balaban J connectivity index is 2.04. The lowest BCUT2D eigenvalue weighted by molar-refractivity contribution is 0.0472. The average Bonchev–Trinajstić information content (AvgIpc) is 2.37. The molecule has 2 aromatic carbocycles. The number of aromatic hydroxyl groups is 1. The van der Waals surface area contributed by atoms with Gasteiger partial charge >= 0.3 is 5.97 Å². The first-order valence-electron chi connectivity index (χ1n) is 5.67. The van der Waals surface area contributed by atoms with E-state index in [4.69, 9.17) is 4.74 Å². The van der Waals surface area contributed by atoms with Crippen LogP contribution in [0.4, 0.5) is 0 Å². The third-order valence-electron chi connectivity index (χ3n) is 2.64. The molecule has 3 nitrogen and oxygen atoms in total. The third kappa shape index (κ3) is 2.88. The SMILES string of the molecule is Cc1cc(O)ccc1C(=O)OCc1ccccc1. The molecule has 0 unspecified atom stereocenters. The van der Waals surface area contributed by atoms with E-state index in [-0.39, 0.29) is 18.3 Å². The molecule has 18 heavy (non-hydrogen) atoms. The summed E-state index contributed by atoms with van der Waals surface area (Å²) >= 11 is 0. The van der Waals surface area contributed by atoms with Crippen LogP contribution < -0.4 is 0 Å². The summed E-state index contributed by atoms with van der Waals surface area (Å²) in [5.41, 5.74) is 2.12. The second-order valence-electron chi connectivity index (χ2n) is 4.06. The van der Waals surface area contributed by atoms with Gasteiger partial charge < -0.3 is 9.84 Å². The number of rotatable bonds is 3. The standard InChI is InChI=1S/C15H14O3/c1-11-9-13(16)7-8-14(11)15(17)18-10-12-5-3-2-4-6-12/h2-9,16H,10H2,1H3. The lowest BCUT2D eigenvalue weighted by Crippen LogP contribution is -2.06. The summed E-state index contributed by atoms with van der Waals surface area (Å²) in [5.74, 6) is -0.233. The Kier molecular flexibility index (Phi) is 3.63. The molecule has 0 saturated carbocycles. The van der Waals surface area contributed by atoms with Crippen LogP contribution in [-0.2, 0) is 11.3 Å². The Morgan fingerprint density at radius 3 is 2.56 bits per heavy atom. The van der Waals surface area contributed by atoms with Gasteiger partial charge in [0.2, 0.25) is 0 Å². The van der Waals surface area contributed by atoms with Crippen molar-refractivity contribution in [2.24, 2.45) is 0 Å². The number of hydrogen-bond donors (Lipinski definition) is 1. The van der Waals surface area contributed by atoms with Crippen molar-refractivity contribution in [3.8, 4) is 5.75 Å². The van der Waals surface area contributed by atoms with E-state index in [9.17, 15) is 9.90 Å². The van der Waals surface area contributed by atoms with Crippen LogP contribution in [0.2, 0.25) is 0 Å². The fourth-order valence-electron chi connectivity index (χ4n) is 1.68. The zero-order valence-corrected chi connectivity index (χ0v) is 10.1. The van der Waals surface area contributed by atoms with Crippen molar-refractivity contribution in [3.63, 3.8) is 0 Å². The molecule has 0 radical (unpaired) electrons. The number of aryl methyl sites for hydroxylation is 1. The fourth-order valence-corrected chi connectivity index (χ4v) is 1.68. The second-order valence-corrected chi connectivity index (χ2v) is 4.06. The molecular formula is C15H14O3. The van der Waals surface area contributed by atoms with Gasteiger partial charge in [0.1, 0.15) is 12.4 Å². The molecule has 3 heteroatoms. The number of benzene rings is 2. The van der Waals surface area contributed by atoms with Gasteiger partial charge in [-0.15, -0.1) is 0 Å². The lowest BCUT2D eigenvalue weighted by Gasteiger charge is -2.07. The summed E-state index contributed by atoms with van der Waals surface area (Å²) in [4.78, 5) is 11.8. The van der Waals surface area contributed by atoms with Gasteiger partial charge in [-0.2, -0.15) is 0 Å². The minimum atomic E-state index is -0.378. The van der Waals surface area contributed by atoms with E-state index in [1.165, 1.54) is 6.07 Å². The first-order chi connectivity index (χ1) is 8.66. The molecule has 92 valence electrons. The number of esters is 1. The highest BCUT2D eigenvalue weighted by Crippen LogP contribution is 2.17. The van der Waals surface area contributed by atoms with Crippen molar-refractivity contribution in [2.45, 2.75) is 13.5 Å². The first kappa shape index (κ1) is 12.2.